The summed E-state index contributed by atoms with van der Waals surface area (Å²) in [4.78, 5) is 26.6. The molecule has 2 heterocycles. The summed E-state index contributed by atoms with van der Waals surface area (Å²) < 4.78 is 22.2. The van der Waals surface area contributed by atoms with Gasteiger partial charge in [0.05, 0.1) is 19.3 Å². The fourth-order valence-electron chi connectivity index (χ4n) is 3.14. The molecule has 0 spiro atoms. The number of rotatable bonds is 0. The monoisotopic (exact) mass is 389 g/mol. The van der Waals surface area contributed by atoms with Crippen LogP contribution in [0.2, 0.25) is 0 Å². The first kappa shape index (κ1) is 20.2. The Kier molecular flexibility index (Phi) is 6.24. The second-order valence-corrected chi connectivity index (χ2v) is 7.84. The van der Waals surface area contributed by atoms with Crippen molar-refractivity contribution in [2.75, 3.05) is 26.4 Å². The lowest BCUT2D eigenvalue weighted by Crippen LogP contribution is -2.50. The summed E-state index contributed by atoms with van der Waals surface area (Å²) in [5.41, 5.74) is 0.332. The molecule has 0 unspecified atom stereocenters. The number of hydrogen-bond donors (Lipinski definition) is 0. The highest BCUT2D eigenvalue weighted by Crippen LogP contribution is 2.22. The van der Waals surface area contributed by atoms with Gasteiger partial charge < -0.3 is 18.9 Å². The van der Waals surface area contributed by atoms with Gasteiger partial charge in [-0.25, -0.2) is 9.59 Å². The quantitative estimate of drug-likeness (QED) is 0.502. The summed E-state index contributed by atoms with van der Waals surface area (Å²) in [6.07, 6.45) is 3.49. The molecule has 1 aromatic carbocycles. The van der Waals surface area contributed by atoms with Gasteiger partial charge in [0.2, 0.25) is 0 Å². The van der Waals surface area contributed by atoms with Crippen molar-refractivity contribution in [3.8, 4) is 5.75 Å². The molecule has 0 radical (unpaired) electrons. The van der Waals surface area contributed by atoms with Crippen LogP contribution in [0, 0.1) is 0 Å². The molecule has 28 heavy (non-hydrogen) atoms. The van der Waals surface area contributed by atoms with E-state index in [9.17, 15) is 9.59 Å². The van der Waals surface area contributed by atoms with Crippen LogP contribution in [0.4, 0.5) is 4.79 Å². The van der Waals surface area contributed by atoms with E-state index in [2.05, 4.69) is 0 Å². The Morgan fingerprint density at radius 1 is 1.18 bits per heavy atom. The van der Waals surface area contributed by atoms with Crippen molar-refractivity contribution in [3.63, 3.8) is 0 Å². The molecule has 7 nitrogen and oxygen atoms in total. The number of fused-ring (bicyclic) bond motifs is 2. The SMILES string of the molecule is CC(C)(C)OC(=O)N1C/C=C/Cc2ccccc2OCC(=O)O[C@H]2COC[C@@H]21. The van der Waals surface area contributed by atoms with E-state index >= 15 is 0 Å². The molecule has 152 valence electrons. The zero-order valence-electron chi connectivity index (χ0n) is 16.6. The lowest BCUT2D eigenvalue weighted by molar-refractivity contribution is -0.153. The van der Waals surface area contributed by atoms with Crippen molar-refractivity contribution in [1.82, 2.24) is 4.90 Å². The average molecular weight is 389 g/mol. The van der Waals surface area contributed by atoms with Gasteiger partial charge in [0, 0.05) is 6.54 Å². The van der Waals surface area contributed by atoms with Crippen LogP contribution in [0.15, 0.2) is 36.4 Å². The van der Waals surface area contributed by atoms with E-state index in [1.165, 1.54) is 0 Å². The Hall–Kier alpha value is -2.54. The summed E-state index contributed by atoms with van der Waals surface area (Å²) >= 11 is 0. The van der Waals surface area contributed by atoms with Crippen molar-refractivity contribution in [3.05, 3.63) is 42.0 Å². The molecule has 2 aliphatic rings. The van der Waals surface area contributed by atoms with Gasteiger partial charge in [0.25, 0.3) is 0 Å². The molecule has 1 saturated heterocycles. The molecular weight excluding hydrogens is 362 g/mol. The van der Waals surface area contributed by atoms with Gasteiger partial charge >= 0.3 is 12.1 Å². The maximum absolute atomic E-state index is 12.8. The van der Waals surface area contributed by atoms with E-state index in [1.807, 2.05) is 57.2 Å². The first-order valence-corrected chi connectivity index (χ1v) is 9.46. The third-order valence-electron chi connectivity index (χ3n) is 4.44. The Balaban J connectivity index is 1.85. The molecule has 0 aliphatic carbocycles. The number of hydrogen-bond acceptors (Lipinski definition) is 6. The second-order valence-electron chi connectivity index (χ2n) is 7.84. The van der Waals surface area contributed by atoms with Gasteiger partial charge in [0.15, 0.2) is 6.61 Å². The fraction of sp³-hybridized carbons (Fsp3) is 0.524. The number of benzene rings is 1. The number of amides is 1. The van der Waals surface area contributed by atoms with E-state index in [-0.39, 0.29) is 19.8 Å². The van der Waals surface area contributed by atoms with Gasteiger partial charge in [-0.2, -0.15) is 0 Å². The average Bonchev–Trinajstić information content (AvgIpc) is 3.06. The van der Waals surface area contributed by atoms with Crippen LogP contribution in [-0.2, 0) is 25.4 Å². The predicted octanol–water partition coefficient (Wildman–Crippen LogP) is 2.73. The van der Waals surface area contributed by atoms with Gasteiger partial charge in [0.1, 0.15) is 17.5 Å². The smallest absolute Gasteiger partial charge is 0.411 e. The Morgan fingerprint density at radius 3 is 2.75 bits per heavy atom. The van der Waals surface area contributed by atoms with E-state index in [0.29, 0.717) is 18.7 Å². The van der Waals surface area contributed by atoms with E-state index in [4.69, 9.17) is 18.9 Å². The molecule has 1 amide bonds. The topological polar surface area (TPSA) is 74.3 Å². The zero-order chi connectivity index (χ0) is 20.1. The molecule has 0 saturated carbocycles. The second kappa shape index (κ2) is 8.65. The van der Waals surface area contributed by atoms with Crippen molar-refractivity contribution in [2.24, 2.45) is 0 Å². The summed E-state index contributed by atoms with van der Waals surface area (Å²) in [6, 6.07) is 7.13. The molecule has 1 fully saturated rings. The lowest BCUT2D eigenvalue weighted by Gasteiger charge is -2.32. The standard InChI is InChI=1S/C21H27NO6/c1-21(2,3)28-20(24)22-11-7-6-9-15-8-4-5-10-17(15)26-14-19(23)27-18-13-25-12-16(18)22/h4-8,10,16,18H,9,11-14H2,1-3H3/b7-6+/t16-,18-/m0/s1. The van der Waals surface area contributed by atoms with Crippen molar-refractivity contribution in [2.45, 2.75) is 44.9 Å². The highest BCUT2D eigenvalue weighted by molar-refractivity contribution is 5.72. The summed E-state index contributed by atoms with van der Waals surface area (Å²) in [5, 5.41) is 0. The van der Waals surface area contributed by atoms with Gasteiger partial charge in [-0.1, -0.05) is 30.4 Å². The van der Waals surface area contributed by atoms with Crippen molar-refractivity contribution in [1.29, 1.82) is 0 Å². The van der Waals surface area contributed by atoms with Crippen LogP contribution in [0.5, 0.6) is 5.75 Å². The minimum Gasteiger partial charge on any atom is -0.482 e. The number of carbonyl (C=O) groups excluding carboxylic acids is 2. The maximum Gasteiger partial charge on any atom is 0.411 e. The maximum atomic E-state index is 12.8. The first-order chi connectivity index (χ1) is 13.3. The summed E-state index contributed by atoms with van der Waals surface area (Å²) in [5.74, 6) is 0.151. The minimum atomic E-state index is -0.625. The molecule has 0 aromatic heterocycles. The number of carbonyl (C=O) groups is 2. The normalized spacial score (nSPS) is 24.4. The fourth-order valence-corrected chi connectivity index (χ4v) is 3.14. The number of esters is 1. The zero-order valence-corrected chi connectivity index (χ0v) is 16.6. The number of allylic oxidation sites excluding steroid dienone is 1. The Labute approximate surface area is 165 Å². The van der Waals surface area contributed by atoms with Gasteiger partial charge in [-0.05, 0) is 38.8 Å². The molecular formula is C21H27NO6. The third-order valence-corrected chi connectivity index (χ3v) is 4.44. The van der Waals surface area contributed by atoms with Crippen LogP contribution >= 0.6 is 0 Å². The largest absolute Gasteiger partial charge is 0.482 e. The summed E-state index contributed by atoms with van der Waals surface area (Å²) in [7, 11) is 0. The molecule has 3 rings (SSSR count). The molecule has 0 bridgehead atoms. The van der Waals surface area contributed by atoms with Crippen molar-refractivity contribution < 1.29 is 28.5 Å². The molecule has 7 heteroatoms. The highest BCUT2D eigenvalue weighted by atomic mass is 16.6. The van der Waals surface area contributed by atoms with Gasteiger partial charge in [-0.3, -0.25) is 4.90 Å². The number of nitrogens with zero attached hydrogens (tertiary/aromatic N) is 1. The van der Waals surface area contributed by atoms with Crippen LogP contribution in [0.1, 0.15) is 26.3 Å². The minimum absolute atomic E-state index is 0.198. The van der Waals surface area contributed by atoms with Crippen LogP contribution in [0.3, 0.4) is 0 Å². The number of para-hydroxylation sites is 1. The Morgan fingerprint density at radius 2 is 1.96 bits per heavy atom. The van der Waals surface area contributed by atoms with Crippen LogP contribution < -0.4 is 4.74 Å². The van der Waals surface area contributed by atoms with E-state index in [0.717, 1.165) is 5.56 Å². The van der Waals surface area contributed by atoms with Crippen LogP contribution in [-0.4, -0.2) is 61.1 Å². The molecule has 2 atom stereocenters. The first-order valence-electron chi connectivity index (χ1n) is 9.46. The molecule has 0 N–H and O–H groups in total. The van der Waals surface area contributed by atoms with E-state index < -0.39 is 29.8 Å². The summed E-state index contributed by atoms with van der Waals surface area (Å²) in [6.45, 7) is 6.10. The predicted molar refractivity (Wildman–Crippen MR) is 102 cm³/mol. The van der Waals surface area contributed by atoms with Crippen LogP contribution in [0.25, 0.3) is 0 Å². The molecule has 2 aliphatic heterocycles. The third kappa shape index (κ3) is 5.25. The lowest BCUT2D eigenvalue weighted by atomic mass is 10.1. The number of ether oxygens (including phenoxy) is 4. The molecule has 1 aromatic rings. The van der Waals surface area contributed by atoms with Gasteiger partial charge in [-0.15, -0.1) is 0 Å². The van der Waals surface area contributed by atoms with E-state index in [1.54, 1.807) is 4.90 Å². The Bertz CT molecular complexity index is 739. The van der Waals surface area contributed by atoms with Crippen molar-refractivity contribution >= 4 is 12.1 Å². The highest BCUT2D eigenvalue weighted by Gasteiger charge is 2.39.